The highest BCUT2D eigenvalue weighted by Crippen LogP contribution is 2.30. The molecule has 1 amide bonds. The first-order valence-corrected chi connectivity index (χ1v) is 12.5. The molecule has 1 heterocycles. The molecule has 2 aromatic carbocycles. The fraction of sp³-hybridized carbons (Fsp3) is 0.458. The van der Waals surface area contributed by atoms with E-state index in [0.29, 0.717) is 30.3 Å². The van der Waals surface area contributed by atoms with E-state index in [-0.39, 0.29) is 17.4 Å². The monoisotopic (exact) mass is 460 g/mol. The number of benzene rings is 2. The van der Waals surface area contributed by atoms with E-state index < -0.39 is 15.9 Å². The fourth-order valence-electron chi connectivity index (χ4n) is 3.79. The van der Waals surface area contributed by atoms with Crippen LogP contribution in [0, 0.1) is 0 Å². The number of para-hydroxylation sites is 1. The Labute approximate surface area is 190 Å². The smallest absolute Gasteiger partial charge is 0.262 e. The van der Waals surface area contributed by atoms with Crippen molar-refractivity contribution in [2.45, 2.75) is 50.3 Å². The largest absolute Gasteiger partial charge is 0.495 e. The van der Waals surface area contributed by atoms with E-state index in [2.05, 4.69) is 19.2 Å². The summed E-state index contributed by atoms with van der Waals surface area (Å²) in [6, 6.07) is 12.1. The number of methoxy groups -OCH3 is 1. The predicted molar refractivity (Wildman–Crippen MR) is 125 cm³/mol. The van der Waals surface area contributed by atoms with Crippen molar-refractivity contribution in [3.8, 4) is 11.5 Å². The highest BCUT2D eigenvalue weighted by molar-refractivity contribution is 7.89. The molecule has 174 valence electrons. The van der Waals surface area contributed by atoms with Crippen LogP contribution in [0.4, 0.5) is 5.69 Å². The summed E-state index contributed by atoms with van der Waals surface area (Å²) in [5.74, 6) is 0.902. The Morgan fingerprint density at radius 3 is 2.38 bits per heavy atom. The zero-order chi connectivity index (χ0) is 23.1. The van der Waals surface area contributed by atoms with Gasteiger partial charge in [0.2, 0.25) is 10.0 Å². The van der Waals surface area contributed by atoms with Crippen molar-refractivity contribution < 1.29 is 22.7 Å². The van der Waals surface area contributed by atoms with E-state index >= 15 is 0 Å². The number of ether oxygens (including phenoxy) is 2. The molecule has 0 bridgehead atoms. The van der Waals surface area contributed by atoms with Crippen LogP contribution in [0.5, 0.6) is 11.5 Å². The molecule has 0 saturated carbocycles. The second kappa shape index (κ2) is 10.8. The van der Waals surface area contributed by atoms with Gasteiger partial charge < -0.3 is 14.8 Å². The second-order valence-electron chi connectivity index (χ2n) is 8.21. The lowest BCUT2D eigenvalue weighted by molar-refractivity contribution is -0.118. The van der Waals surface area contributed by atoms with Gasteiger partial charge in [0.15, 0.2) is 6.61 Å². The number of anilines is 1. The first kappa shape index (κ1) is 24.1. The third-order valence-corrected chi connectivity index (χ3v) is 7.44. The molecule has 7 nitrogen and oxygen atoms in total. The van der Waals surface area contributed by atoms with Crippen LogP contribution in [0.1, 0.15) is 51.0 Å². The van der Waals surface area contributed by atoms with Gasteiger partial charge in [0.25, 0.3) is 5.91 Å². The minimum atomic E-state index is -3.64. The van der Waals surface area contributed by atoms with Crippen molar-refractivity contribution in [1.82, 2.24) is 4.31 Å². The van der Waals surface area contributed by atoms with Crippen molar-refractivity contribution in [2.75, 3.05) is 32.1 Å². The Morgan fingerprint density at radius 1 is 1.03 bits per heavy atom. The van der Waals surface area contributed by atoms with Crippen molar-refractivity contribution in [1.29, 1.82) is 0 Å². The summed E-state index contributed by atoms with van der Waals surface area (Å²) in [5, 5.41) is 2.74. The quantitative estimate of drug-likeness (QED) is 0.631. The first-order chi connectivity index (χ1) is 15.3. The number of nitrogens with zero attached hydrogens (tertiary/aromatic N) is 1. The number of sulfonamides is 1. The number of amides is 1. The summed E-state index contributed by atoms with van der Waals surface area (Å²) in [5.41, 5.74) is 1.32. The van der Waals surface area contributed by atoms with Gasteiger partial charge in [-0.3, -0.25) is 4.79 Å². The van der Waals surface area contributed by atoms with Crippen molar-refractivity contribution in [3.63, 3.8) is 0 Å². The molecule has 1 N–H and O–H groups in total. The van der Waals surface area contributed by atoms with Gasteiger partial charge >= 0.3 is 0 Å². The summed E-state index contributed by atoms with van der Waals surface area (Å²) in [4.78, 5) is 12.7. The van der Waals surface area contributed by atoms with Crippen LogP contribution in [-0.4, -0.2) is 45.4 Å². The highest BCUT2D eigenvalue weighted by atomic mass is 32.2. The summed E-state index contributed by atoms with van der Waals surface area (Å²) in [6.07, 6.45) is 3.79. The van der Waals surface area contributed by atoms with Crippen molar-refractivity contribution in [2.24, 2.45) is 0 Å². The number of nitrogens with one attached hydrogen (secondary N) is 1. The van der Waals surface area contributed by atoms with Gasteiger partial charge in [-0.15, -0.1) is 0 Å². The van der Waals surface area contributed by atoms with Gasteiger partial charge in [0.1, 0.15) is 11.5 Å². The number of carbonyl (C=O) groups is 1. The lowest BCUT2D eigenvalue weighted by atomic mass is 10.0. The maximum Gasteiger partial charge on any atom is 0.262 e. The lowest BCUT2D eigenvalue weighted by Gasteiger charge is -2.21. The van der Waals surface area contributed by atoms with Crippen LogP contribution >= 0.6 is 0 Å². The first-order valence-electron chi connectivity index (χ1n) is 11.0. The van der Waals surface area contributed by atoms with E-state index in [4.69, 9.17) is 9.47 Å². The summed E-state index contributed by atoms with van der Waals surface area (Å²) in [6.45, 7) is 4.95. The number of rotatable bonds is 8. The molecule has 3 rings (SSSR count). The van der Waals surface area contributed by atoms with Crippen LogP contribution in [0.15, 0.2) is 47.4 Å². The molecule has 1 aliphatic rings. The van der Waals surface area contributed by atoms with Gasteiger partial charge in [0.05, 0.1) is 17.7 Å². The highest BCUT2D eigenvalue weighted by Gasteiger charge is 2.26. The Hall–Kier alpha value is -2.58. The van der Waals surface area contributed by atoms with E-state index in [1.165, 1.54) is 23.5 Å². The van der Waals surface area contributed by atoms with Gasteiger partial charge in [0, 0.05) is 13.1 Å². The third kappa shape index (κ3) is 5.81. The maximum absolute atomic E-state index is 13.1. The molecular weight excluding hydrogens is 428 g/mol. The lowest BCUT2D eigenvalue weighted by Crippen LogP contribution is -2.32. The molecule has 2 aromatic rings. The molecule has 1 aliphatic heterocycles. The average Bonchev–Trinajstić information content (AvgIpc) is 3.08. The van der Waals surface area contributed by atoms with Crippen LogP contribution in [0.2, 0.25) is 0 Å². The minimum Gasteiger partial charge on any atom is -0.495 e. The summed E-state index contributed by atoms with van der Waals surface area (Å²) in [7, 11) is -2.17. The second-order valence-corrected chi connectivity index (χ2v) is 10.1. The van der Waals surface area contributed by atoms with Gasteiger partial charge in [-0.1, -0.05) is 44.9 Å². The van der Waals surface area contributed by atoms with Crippen molar-refractivity contribution in [3.05, 3.63) is 48.0 Å². The predicted octanol–water partition coefficient (Wildman–Crippen LogP) is 4.40. The molecule has 8 heteroatoms. The van der Waals surface area contributed by atoms with Crippen LogP contribution in [-0.2, 0) is 14.8 Å². The molecule has 32 heavy (non-hydrogen) atoms. The maximum atomic E-state index is 13.1. The zero-order valence-corrected chi connectivity index (χ0v) is 19.8. The Kier molecular flexibility index (Phi) is 8.15. The molecule has 0 aliphatic carbocycles. The number of hydrogen-bond donors (Lipinski definition) is 1. The molecule has 1 fully saturated rings. The normalized spacial score (nSPS) is 15.2. The molecule has 0 atom stereocenters. The Balaban J connectivity index is 1.75. The zero-order valence-electron chi connectivity index (χ0n) is 19.0. The van der Waals surface area contributed by atoms with E-state index in [9.17, 15) is 13.2 Å². The van der Waals surface area contributed by atoms with Gasteiger partial charge in [-0.25, -0.2) is 8.42 Å². The Morgan fingerprint density at radius 2 is 1.72 bits per heavy atom. The number of hydrogen-bond acceptors (Lipinski definition) is 5. The van der Waals surface area contributed by atoms with E-state index in [1.54, 1.807) is 6.07 Å². The van der Waals surface area contributed by atoms with Crippen LogP contribution in [0.25, 0.3) is 0 Å². The molecule has 1 saturated heterocycles. The summed E-state index contributed by atoms with van der Waals surface area (Å²) < 4.78 is 38.9. The third-order valence-electron chi connectivity index (χ3n) is 5.55. The molecule has 0 aromatic heterocycles. The van der Waals surface area contributed by atoms with Crippen molar-refractivity contribution >= 4 is 21.6 Å². The average molecular weight is 461 g/mol. The molecule has 0 radical (unpaired) electrons. The topological polar surface area (TPSA) is 84.9 Å². The van der Waals surface area contributed by atoms with Crippen LogP contribution < -0.4 is 14.8 Å². The fourth-order valence-corrected chi connectivity index (χ4v) is 5.34. The van der Waals surface area contributed by atoms with E-state index in [0.717, 1.165) is 31.2 Å². The van der Waals surface area contributed by atoms with E-state index in [1.807, 2.05) is 24.3 Å². The summed E-state index contributed by atoms with van der Waals surface area (Å²) >= 11 is 0. The van der Waals surface area contributed by atoms with Crippen LogP contribution in [0.3, 0.4) is 0 Å². The van der Waals surface area contributed by atoms with Gasteiger partial charge in [-0.2, -0.15) is 4.31 Å². The molecule has 0 unspecified atom stereocenters. The SMILES string of the molecule is COc1ccc(S(=O)(=O)N2CCCCCC2)cc1NC(=O)COc1ccccc1C(C)C. The number of carbonyl (C=O) groups excluding carboxylic acids is 1. The van der Waals surface area contributed by atoms with Gasteiger partial charge in [-0.05, 0) is 48.6 Å². The minimum absolute atomic E-state index is 0.140. The standard InChI is InChI=1S/C24H32N2O5S/c1-18(2)20-10-6-7-11-22(20)31-17-24(27)25-21-16-19(12-13-23(21)30-3)32(28,29)26-14-8-4-5-9-15-26/h6-7,10-13,16,18H,4-5,8-9,14-15,17H2,1-3H3,(H,25,27). The molecular formula is C24H32N2O5S. The molecule has 0 spiro atoms. The Bertz CT molecular complexity index is 1030.